The van der Waals surface area contributed by atoms with E-state index in [0.29, 0.717) is 12.1 Å². The Kier molecular flexibility index (Phi) is 3.27. The van der Waals surface area contributed by atoms with Gasteiger partial charge in [-0.15, -0.1) is 0 Å². The average Bonchev–Trinajstić information content (AvgIpc) is 2.78. The van der Waals surface area contributed by atoms with Gasteiger partial charge in [-0.3, -0.25) is 4.79 Å². The first-order chi connectivity index (χ1) is 9.65. The normalized spacial score (nSPS) is 15.2. The summed E-state index contributed by atoms with van der Waals surface area (Å²) in [6.45, 7) is 3.89. The van der Waals surface area contributed by atoms with Gasteiger partial charge < -0.3 is 19.1 Å². The number of carbonyl (C=O) groups is 1. The molecule has 0 saturated carbocycles. The minimum absolute atomic E-state index is 0.504. The SMILES string of the molecule is COc1ccc2c(c1)c(C=O)c1n2CCN(B(C)O)C1. The summed E-state index contributed by atoms with van der Waals surface area (Å²) in [5.41, 5.74) is 2.72. The third kappa shape index (κ3) is 1.92. The van der Waals surface area contributed by atoms with Gasteiger partial charge in [-0.05, 0) is 25.0 Å². The molecule has 0 amide bonds. The zero-order valence-corrected chi connectivity index (χ0v) is 11.7. The highest BCUT2D eigenvalue weighted by atomic mass is 16.5. The largest absolute Gasteiger partial charge is 0.497 e. The standard InChI is InChI=1S/C14H17BN2O3/c1-15(19)16-5-6-17-13-4-3-10(20-2)7-11(13)12(9-18)14(17)8-16/h3-4,7,9,19H,5-6,8H2,1-2H3. The fraction of sp³-hybridized carbons (Fsp3) is 0.357. The van der Waals surface area contributed by atoms with E-state index in [0.717, 1.165) is 41.7 Å². The van der Waals surface area contributed by atoms with Crippen molar-refractivity contribution < 1.29 is 14.6 Å². The Labute approximate surface area is 117 Å². The van der Waals surface area contributed by atoms with Crippen molar-refractivity contribution in [2.24, 2.45) is 0 Å². The molecule has 2 heterocycles. The monoisotopic (exact) mass is 272 g/mol. The topological polar surface area (TPSA) is 54.7 Å². The molecule has 0 spiro atoms. The van der Waals surface area contributed by atoms with Crippen molar-refractivity contribution in [1.29, 1.82) is 0 Å². The van der Waals surface area contributed by atoms with Gasteiger partial charge in [-0.25, -0.2) is 0 Å². The number of fused-ring (bicyclic) bond motifs is 3. The van der Waals surface area contributed by atoms with Crippen LogP contribution in [0.2, 0.25) is 6.82 Å². The molecule has 0 unspecified atom stereocenters. The van der Waals surface area contributed by atoms with Crippen LogP contribution in [0.3, 0.4) is 0 Å². The van der Waals surface area contributed by atoms with Crippen LogP contribution in [-0.2, 0) is 13.1 Å². The van der Waals surface area contributed by atoms with Crippen LogP contribution in [0.5, 0.6) is 5.75 Å². The molecule has 1 aliphatic rings. The number of hydrogen-bond donors (Lipinski definition) is 1. The van der Waals surface area contributed by atoms with E-state index in [4.69, 9.17) is 4.74 Å². The van der Waals surface area contributed by atoms with Crippen LogP contribution in [0.25, 0.3) is 10.9 Å². The molecular formula is C14H17BN2O3. The van der Waals surface area contributed by atoms with Crippen LogP contribution in [0, 0.1) is 0 Å². The van der Waals surface area contributed by atoms with Gasteiger partial charge in [0.25, 0.3) is 0 Å². The van der Waals surface area contributed by atoms with Crippen LogP contribution in [0.15, 0.2) is 18.2 Å². The molecule has 2 aromatic rings. The van der Waals surface area contributed by atoms with E-state index in [2.05, 4.69) is 4.57 Å². The first-order valence-electron chi connectivity index (χ1n) is 6.72. The Bertz CT molecular complexity index is 666. The van der Waals surface area contributed by atoms with Crippen LogP contribution < -0.4 is 4.74 Å². The van der Waals surface area contributed by atoms with Crippen molar-refractivity contribution in [3.8, 4) is 5.75 Å². The second-order valence-electron chi connectivity index (χ2n) is 5.12. The van der Waals surface area contributed by atoms with Crippen LogP contribution in [-0.4, -0.2) is 41.4 Å². The molecule has 0 atom stereocenters. The third-order valence-corrected chi connectivity index (χ3v) is 4.03. The lowest BCUT2D eigenvalue weighted by molar-refractivity contribution is 0.112. The van der Waals surface area contributed by atoms with Gasteiger partial charge in [0, 0.05) is 41.8 Å². The van der Waals surface area contributed by atoms with Crippen molar-refractivity contribution >= 4 is 24.2 Å². The third-order valence-electron chi connectivity index (χ3n) is 4.03. The molecule has 0 bridgehead atoms. The summed E-state index contributed by atoms with van der Waals surface area (Å²) in [6, 6.07) is 5.80. The maximum Gasteiger partial charge on any atom is 0.376 e. The van der Waals surface area contributed by atoms with E-state index in [-0.39, 0.29) is 0 Å². The fourth-order valence-corrected chi connectivity index (χ4v) is 2.92. The van der Waals surface area contributed by atoms with Gasteiger partial charge in [0.1, 0.15) is 5.75 Å². The van der Waals surface area contributed by atoms with Gasteiger partial charge in [0.2, 0.25) is 0 Å². The van der Waals surface area contributed by atoms with E-state index in [1.54, 1.807) is 13.9 Å². The molecular weight excluding hydrogens is 255 g/mol. The Balaban J connectivity index is 2.18. The van der Waals surface area contributed by atoms with Gasteiger partial charge >= 0.3 is 7.05 Å². The molecule has 3 rings (SSSR count). The number of hydrogen-bond acceptors (Lipinski definition) is 4. The second-order valence-corrected chi connectivity index (χ2v) is 5.12. The molecule has 104 valence electrons. The zero-order chi connectivity index (χ0) is 14.3. The predicted molar refractivity (Wildman–Crippen MR) is 78.1 cm³/mol. The molecule has 1 N–H and O–H groups in total. The molecule has 6 heteroatoms. The maximum absolute atomic E-state index is 11.5. The molecule has 1 aromatic carbocycles. The quantitative estimate of drug-likeness (QED) is 0.677. The van der Waals surface area contributed by atoms with Gasteiger partial charge in [-0.2, -0.15) is 0 Å². The lowest BCUT2D eigenvalue weighted by Crippen LogP contribution is -2.42. The Morgan fingerprint density at radius 2 is 2.20 bits per heavy atom. The van der Waals surface area contributed by atoms with Crippen molar-refractivity contribution in [3.05, 3.63) is 29.5 Å². The number of methoxy groups -OCH3 is 1. The van der Waals surface area contributed by atoms with Crippen molar-refractivity contribution in [2.75, 3.05) is 13.7 Å². The van der Waals surface area contributed by atoms with Crippen LogP contribution >= 0.6 is 0 Å². The van der Waals surface area contributed by atoms with E-state index in [1.165, 1.54) is 0 Å². The van der Waals surface area contributed by atoms with Crippen molar-refractivity contribution in [1.82, 2.24) is 9.38 Å². The lowest BCUT2D eigenvalue weighted by atomic mass is 9.84. The molecule has 0 fully saturated rings. The number of carbonyl (C=O) groups excluding carboxylic acids is 1. The smallest absolute Gasteiger partial charge is 0.376 e. The van der Waals surface area contributed by atoms with E-state index < -0.39 is 7.05 Å². The summed E-state index contributed by atoms with van der Waals surface area (Å²) in [5, 5.41) is 10.7. The van der Waals surface area contributed by atoms with Crippen LogP contribution in [0.4, 0.5) is 0 Å². The molecule has 1 aliphatic heterocycles. The van der Waals surface area contributed by atoms with Crippen molar-refractivity contribution in [2.45, 2.75) is 19.9 Å². The Morgan fingerprint density at radius 1 is 1.40 bits per heavy atom. The highest BCUT2D eigenvalue weighted by Crippen LogP contribution is 2.31. The highest BCUT2D eigenvalue weighted by Gasteiger charge is 2.27. The Morgan fingerprint density at radius 3 is 2.85 bits per heavy atom. The molecule has 5 nitrogen and oxygen atoms in total. The second kappa shape index (κ2) is 4.96. The fourth-order valence-electron chi connectivity index (χ4n) is 2.92. The van der Waals surface area contributed by atoms with Crippen molar-refractivity contribution in [3.63, 3.8) is 0 Å². The summed E-state index contributed by atoms with van der Waals surface area (Å²) in [6.07, 6.45) is 0.902. The first kappa shape index (κ1) is 13.2. The van der Waals surface area contributed by atoms with Gasteiger partial charge in [-0.1, -0.05) is 0 Å². The molecule has 20 heavy (non-hydrogen) atoms. The number of benzene rings is 1. The average molecular weight is 272 g/mol. The predicted octanol–water partition coefficient (Wildman–Crippen LogP) is 1.39. The van der Waals surface area contributed by atoms with Gasteiger partial charge in [0.05, 0.1) is 7.11 Å². The number of ether oxygens (including phenoxy) is 1. The van der Waals surface area contributed by atoms with E-state index in [9.17, 15) is 9.82 Å². The van der Waals surface area contributed by atoms with E-state index in [1.807, 2.05) is 23.0 Å². The molecule has 0 aliphatic carbocycles. The maximum atomic E-state index is 11.5. The number of aromatic nitrogens is 1. The summed E-state index contributed by atoms with van der Waals surface area (Å²) < 4.78 is 7.40. The molecule has 0 saturated heterocycles. The number of nitrogens with zero attached hydrogens (tertiary/aromatic N) is 2. The minimum atomic E-state index is -0.504. The van der Waals surface area contributed by atoms with Crippen LogP contribution in [0.1, 0.15) is 16.1 Å². The molecule has 0 radical (unpaired) electrons. The zero-order valence-electron chi connectivity index (χ0n) is 11.7. The summed E-state index contributed by atoms with van der Waals surface area (Å²) in [5.74, 6) is 0.746. The highest BCUT2D eigenvalue weighted by molar-refractivity contribution is 6.45. The molecule has 1 aromatic heterocycles. The number of rotatable bonds is 3. The van der Waals surface area contributed by atoms with Gasteiger partial charge in [0.15, 0.2) is 6.29 Å². The summed E-state index contributed by atoms with van der Waals surface area (Å²) in [4.78, 5) is 13.5. The first-order valence-corrected chi connectivity index (χ1v) is 6.72. The minimum Gasteiger partial charge on any atom is -0.497 e. The van der Waals surface area contributed by atoms with E-state index >= 15 is 0 Å². The number of aldehydes is 1. The lowest BCUT2D eigenvalue weighted by Gasteiger charge is -2.29. The Hall–Kier alpha value is -1.79. The summed E-state index contributed by atoms with van der Waals surface area (Å²) >= 11 is 0. The summed E-state index contributed by atoms with van der Waals surface area (Å²) in [7, 11) is 1.11.